The van der Waals surface area contributed by atoms with Crippen LogP contribution in [0, 0.1) is 0 Å². The van der Waals surface area contributed by atoms with Crippen molar-refractivity contribution in [1.29, 1.82) is 0 Å². The van der Waals surface area contributed by atoms with Gasteiger partial charge in [-0.25, -0.2) is 9.97 Å². The van der Waals surface area contributed by atoms with E-state index in [-0.39, 0.29) is 5.75 Å². The molecular formula is C13H12N4O. The van der Waals surface area contributed by atoms with Crippen LogP contribution < -0.4 is 5.32 Å². The topological polar surface area (TPSA) is 73.8 Å². The number of nitrogens with zero attached hydrogens (tertiary/aromatic N) is 2. The molecule has 1 aromatic carbocycles. The normalized spacial score (nSPS) is 10.7. The van der Waals surface area contributed by atoms with Gasteiger partial charge < -0.3 is 15.4 Å². The van der Waals surface area contributed by atoms with Gasteiger partial charge in [-0.15, -0.1) is 0 Å². The third-order valence-electron chi connectivity index (χ3n) is 2.73. The molecule has 0 bridgehead atoms. The summed E-state index contributed by atoms with van der Waals surface area (Å²) in [6, 6.07) is 7.14. The minimum absolute atomic E-state index is 0.233. The van der Waals surface area contributed by atoms with Crippen LogP contribution in [0.3, 0.4) is 0 Å². The Labute approximate surface area is 104 Å². The quantitative estimate of drug-likeness (QED) is 0.656. The van der Waals surface area contributed by atoms with Crippen LogP contribution in [0.15, 0.2) is 42.9 Å². The van der Waals surface area contributed by atoms with Crippen LogP contribution >= 0.6 is 0 Å². The van der Waals surface area contributed by atoms with Gasteiger partial charge in [0.05, 0.1) is 6.54 Å². The Morgan fingerprint density at radius 1 is 1.17 bits per heavy atom. The van der Waals surface area contributed by atoms with Crippen molar-refractivity contribution in [3.8, 4) is 5.75 Å². The summed E-state index contributed by atoms with van der Waals surface area (Å²) in [4.78, 5) is 11.4. The molecule has 5 heteroatoms. The average molecular weight is 240 g/mol. The number of aromatic amines is 1. The molecule has 0 aliphatic carbocycles. The molecule has 90 valence electrons. The van der Waals surface area contributed by atoms with Crippen molar-refractivity contribution in [3.05, 3.63) is 48.7 Å². The molecule has 3 rings (SSSR count). The number of phenols is 1. The Hall–Kier alpha value is -2.56. The number of rotatable bonds is 3. The zero-order chi connectivity index (χ0) is 12.4. The third kappa shape index (κ3) is 1.98. The number of aromatic nitrogens is 3. The van der Waals surface area contributed by atoms with Gasteiger partial charge in [-0.2, -0.15) is 0 Å². The zero-order valence-electron chi connectivity index (χ0n) is 9.59. The summed E-state index contributed by atoms with van der Waals surface area (Å²) < 4.78 is 0. The van der Waals surface area contributed by atoms with Gasteiger partial charge in [-0.3, -0.25) is 0 Å². The fraction of sp³-hybridized carbons (Fsp3) is 0.0769. The number of anilines is 1. The van der Waals surface area contributed by atoms with Crippen molar-refractivity contribution in [2.45, 2.75) is 6.54 Å². The largest absolute Gasteiger partial charge is 0.508 e. The number of hydrogen-bond donors (Lipinski definition) is 3. The molecule has 0 amide bonds. The second kappa shape index (κ2) is 4.37. The Bertz CT molecular complexity index is 664. The van der Waals surface area contributed by atoms with E-state index >= 15 is 0 Å². The van der Waals surface area contributed by atoms with Crippen LogP contribution in [0.5, 0.6) is 5.75 Å². The summed E-state index contributed by atoms with van der Waals surface area (Å²) in [6.45, 7) is 0.564. The maximum absolute atomic E-state index is 9.53. The van der Waals surface area contributed by atoms with Gasteiger partial charge >= 0.3 is 0 Å². The number of aromatic hydroxyl groups is 1. The lowest BCUT2D eigenvalue weighted by atomic mass is 10.1. The molecule has 0 spiro atoms. The number of H-pyrrole nitrogens is 1. The molecule has 0 saturated carbocycles. The number of nitrogens with one attached hydrogen (secondary N) is 2. The van der Waals surface area contributed by atoms with Gasteiger partial charge in [0.15, 0.2) is 0 Å². The summed E-state index contributed by atoms with van der Waals surface area (Å²) in [5, 5.41) is 14.7. The molecule has 0 aliphatic heterocycles. The first kappa shape index (κ1) is 10.6. The second-order valence-electron chi connectivity index (χ2n) is 3.95. The number of imidazole rings is 1. The van der Waals surface area contributed by atoms with Gasteiger partial charge in [0, 0.05) is 24.0 Å². The van der Waals surface area contributed by atoms with Crippen LogP contribution in [0.4, 0.5) is 5.82 Å². The lowest BCUT2D eigenvalue weighted by molar-refractivity contribution is 0.476. The lowest BCUT2D eigenvalue weighted by Gasteiger charge is -2.07. The SMILES string of the molecule is Oc1ccc2ccnc(NCc3ncc[nH]3)c2c1. The molecule has 3 aromatic rings. The number of hydrogen-bond acceptors (Lipinski definition) is 4. The second-order valence-corrected chi connectivity index (χ2v) is 3.95. The lowest BCUT2D eigenvalue weighted by Crippen LogP contribution is -2.03. The van der Waals surface area contributed by atoms with E-state index in [0.29, 0.717) is 6.54 Å². The summed E-state index contributed by atoms with van der Waals surface area (Å²) in [5.41, 5.74) is 0. The highest BCUT2D eigenvalue weighted by molar-refractivity contribution is 5.92. The van der Waals surface area contributed by atoms with E-state index in [1.165, 1.54) is 0 Å². The van der Waals surface area contributed by atoms with Crippen molar-refractivity contribution in [2.24, 2.45) is 0 Å². The molecule has 3 N–H and O–H groups in total. The monoisotopic (exact) mass is 240 g/mol. The maximum Gasteiger partial charge on any atom is 0.134 e. The standard InChI is InChI=1S/C13H12N4O/c18-10-2-1-9-3-4-16-13(11(9)7-10)17-8-12-14-5-6-15-12/h1-7,18H,8H2,(H,14,15)(H,16,17). The van der Waals surface area contributed by atoms with Crippen LogP contribution in [-0.2, 0) is 6.54 Å². The highest BCUT2D eigenvalue weighted by Crippen LogP contribution is 2.25. The molecule has 2 heterocycles. The van der Waals surface area contributed by atoms with Gasteiger partial charge in [0.1, 0.15) is 17.4 Å². The fourth-order valence-electron chi connectivity index (χ4n) is 1.86. The summed E-state index contributed by atoms with van der Waals surface area (Å²) >= 11 is 0. The number of benzene rings is 1. The predicted octanol–water partition coefficient (Wildman–Crippen LogP) is 2.28. The van der Waals surface area contributed by atoms with Crippen molar-refractivity contribution >= 4 is 16.6 Å². The van der Waals surface area contributed by atoms with Crippen LogP contribution in [0.25, 0.3) is 10.8 Å². The molecule has 0 unspecified atom stereocenters. The van der Waals surface area contributed by atoms with Crippen LogP contribution in [-0.4, -0.2) is 20.1 Å². The van der Waals surface area contributed by atoms with E-state index in [0.717, 1.165) is 22.4 Å². The van der Waals surface area contributed by atoms with Gasteiger partial charge in [-0.1, -0.05) is 6.07 Å². The van der Waals surface area contributed by atoms with Crippen molar-refractivity contribution in [1.82, 2.24) is 15.0 Å². The Balaban J connectivity index is 1.93. The summed E-state index contributed by atoms with van der Waals surface area (Å²) in [7, 11) is 0. The Morgan fingerprint density at radius 2 is 2.11 bits per heavy atom. The maximum atomic E-state index is 9.53. The minimum Gasteiger partial charge on any atom is -0.508 e. The number of fused-ring (bicyclic) bond motifs is 1. The predicted molar refractivity (Wildman–Crippen MR) is 69.3 cm³/mol. The molecule has 0 aliphatic rings. The summed E-state index contributed by atoms with van der Waals surface area (Å²) in [5.74, 6) is 1.81. The van der Waals surface area contributed by atoms with Crippen molar-refractivity contribution in [3.63, 3.8) is 0 Å². The number of phenolic OH excluding ortho intramolecular Hbond substituents is 1. The minimum atomic E-state index is 0.233. The average Bonchev–Trinajstić information content (AvgIpc) is 2.89. The Kier molecular flexibility index (Phi) is 2.57. The third-order valence-corrected chi connectivity index (χ3v) is 2.73. The highest BCUT2D eigenvalue weighted by atomic mass is 16.3. The van der Waals surface area contributed by atoms with Crippen molar-refractivity contribution < 1.29 is 5.11 Å². The van der Waals surface area contributed by atoms with E-state index in [4.69, 9.17) is 0 Å². The van der Waals surface area contributed by atoms with E-state index in [2.05, 4.69) is 20.3 Å². The first-order valence-corrected chi connectivity index (χ1v) is 5.63. The zero-order valence-corrected chi connectivity index (χ0v) is 9.59. The first-order valence-electron chi connectivity index (χ1n) is 5.63. The highest BCUT2D eigenvalue weighted by Gasteiger charge is 2.03. The molecule has 0 fully saturated rings. The van der Waals surface area contributed by atoms with E-state index in [1.54, 1.807) is 30.7 Å². The molecule has 5 nitrogen and oxygen atoms in total. The van der Waals surface area contributed by atoms with E-state index < -0.39 is 0 Å². The number of pyridine rings is 1. The van der Waals surface area contributed by atoms with Gasteiger partial charge in [0.25, 0.3) is 0 Å². The fourth-order valence-corrected chi connectivity index (χ4v) is 1.86. The molecule has 18 heavy (non-hydrogen) atoms. The molecule has 0 saturated heterocycles. The molecule has 2 aromatic heterocycles. The van der Waals surface area contributed by atoms with Crippen molar-refractivity contribution in [2.75, 3.05) is 5.32 Å². The first-order chi connectivity index (χ1) is 8.83. The van der Waals surface area contributed by atoms with Gasteiger partial charge in [-0.05, 0) is 23.6 Å². The summed E-state index contributed by atoms with van der Waals surface area (Å²) in [6.07, 6.45) is 5.22. The van der Waals surface area contributed by atoms with Crippen LogP contribution in [0.1, 0.15) is 5.82 Å². The van der Waals surface area contributed by atoms with Gasteiger partial charge in [0.2, 0.25) is 0 Å². The smallest absolute Gasteiger partial charge is 0.134 e. The molecule has 0 radical (unpaired) electrons. The van der Waals surface area contributed by atoms with E-state index in [9.17, 15) is 5.11 Å². The van der Waals surface area contributed by atoms with E-state index in [1.807, 2.05) is 12.1 Å². The Morgan fingerprint density at radius 3 is 2.94 bits per heavy atom. The molecular weight excluding hydrogens is 228 g/mol. The molecule has 0 atom stereocenters. The van der Waals surface area contributed by atoms with Crippen LogP contribution in [0.2, 0.25) is 0 Å².